The zero-order chi connectivity index (χ0) is 31.2. The Labute approximate surface area is 262 Å². The lowest BCUT2D eigenvalue weighted by molar-refractivity contribution is -0.133. The molecule has 3 aromatic carbocycles. The Hall–Kier alpha value is -4.57. The van der Waals surface area contributed by atoms with E-state index in [1.54, 1.807) is 21.3 Å². The van der Waals surface area contributed by atoms with Crippen LogP contribution in [0.5, 0.6) is 5.75 Å². The van der Waals surface area contributed by atoms with Gasteiger partial charge in [0.15, 0.2) is 6.61 Å². The van der Waals surface area contributed by atoms with Crippen molar-refractivity contribution in [3.05, 3.63) is 106 Å². The number of nitrogens with one attached hydrogen (secondary N) is 2. The highest BCUT2D eigenvalue weighted by atomic mass is 32.2. The van der Waals surface area contributed by atoms with Gasteiger partial charge in [0.2, 0.25) is 11.1 Å². The van der Waals surface area contributed by atoms with Crippen LogP contribution in [-0.2, 0) is 15.3 Å². The summed E-state index contributed by atoms with van der Waals surface area (Å²) in [5, 5.41) is 11.9. The number of allylic oxidation sites excluding steroid dienone is 1. The summed E-state index contributed by atoms with van der Waals surface area (Å²) in [5.74, 6) is 1.57. The molecule has 4 aromatic rings. The molecule has 5 rings (SSSR count). The number of aromatic nitrogens is 3. The molecule has 0 bridgehead atoms. The molecule has 0 saturated carbocycles. The van der Waals surface area contributed by atoms with Gasteiger partial charge in [0, 0.05) is 30.2 Å². The van der Waals surface area contributed by atoms with E-state index in [4.69, 9.17) is 14.8 Å². The molecular formula is C34H38N6O3S. The van der Waals surface area contributed by atoms with Gasteiger partial charge in [-0.1, -0.05) is 71.9 Å². The van der Waals surface area contributed by atoms with E-state index in [-0.39, 0.29) is 18.4 Å². The van der Waals surface area contributed by atoms with Crippen LogP contribution in [0.1, 0.15) is 49.1 Å². The summed E-state index contributed by atoms with van der Waals surface area (Å²) in [5.41, 5.74) is 6.11. The fraction of sp³-hybridized carbons (Fsp3) is 0.294. The molecule has 1 atom stereocenters. The Balaban J connectivity index is 1.44. The summed E-state index contributed by atoms with van der Waals surface area (Å²) in [6, 6.07) is 23.0. The first-order chi connectivity index (χ1) is 21.3. The summed E-state index contributed by atoms with van der Waals surface area (Å²) >= 11 is 1.54. The predicted molar refractivity (Wildman–Crippen MR) is 175 cm³/mol. The quantitative estimate of drug-likeness (QED) is 0.191. The monoisotopic (exact) mass is 610 g/mol. The second kappa shape index (κ2) is 13.8. The number of amides is 2. The van der Waals surface area contributed by atoms with Crippen molar-refractivity contribution < 1.29 is 14.3 Å². The van der Waals surface area contributed by atoms with Crippen LogP contribution in [0.15, 0.2) is 89.2 Å². The van der Waals surface area contributed by atoms with Crippen LogP contribution in [0.4, 0.5) is 11.6 Å². The van der Waals surface area contributed by atoms with E-state index < -0.39 is 6.04 Å². The van der Waals surface area contributed by atoms with Gasteiger partial charge >= 0.3 is 0 Å². The summed E-state index contributed by atoms with van der Waals surface area (Å²) in [4.78, 5) is 32.9. The number of thioether (sulfide) groups is 1. The van der Waals surface area contributed by atoms with Gasteiger partial charge in [-0.25, -0.2) is 4.68 Å². The number of nitrogens with zero attached hydrogens (tertiary/aromatic N) is 4. The lowest BCUT2D eigenvalue weighted by atomic mass is 9.94. The third-order valence-corrected chi connectivity index (χ3v) is 8.50. The average molecular weight is 611 g/mol. The smallest absolute Gasteiger partial charge is 0.260 e. The summed E-state index contributed by atoms with van der Waals surface area (Å²) < 4.78 is 7.58. The maximum Gasteiger partial charge on any atom is 0.260 e. The van der Waals surface area contributed by atoms with Gasteiger partial charge in [-0.05, 0) is 69.5 Å². The number of hydrogen-bond donors (Lipinski definition) is 2. The zero-order valence-electron chi connectivity index (χ0n) is 25.8. The second-order valence-electron chi connectivity index (χ2n) is 10.7. The van der Waals surface area contributed by atoms with Crippen LogP contribution in [0.25, 0.3) is 0 Å². The molecule has 1 aliphatic rings. The largest absolute Gasteiger partial charge is 0.484 e. The molecule has 0 saturated heterocycles. The number of ether oxygens (including phenoxy) is 1. The summed E-state index contributed by atoms with van der Waals surface area (Å²) in [7, 11) is 0. The first-order valence-electron chi connectivity index (χ1n) is 14.8. The number of fused-ring (bicyclic) bond motifs is 1. The third-order valence-electron chi connectivity index (χ3n) is 7.59. The maximum atomic E-state index is 13.9. The number of rotatable bonds is 11. The molecule has 2 heterocycles. The van der Waals surface area contributed by atoms with Crippen LogP contribution < -0.4 is 15.4 Å². The van der Waals surface area contributed by atoms with E-state index in [0.717, 1.165) is 28.1 Å². The Morgan fingerprint density at radius 1 is 1.00 bits per heavy atom. The standard InChI is InChI=1S/C34H38N6O3S/c1-6-39(7-2)29(41)20-43-27-16-14-26(15-17-27)31-30(32(42)36-28-18-13-22(3)19-23(28)4)24(5)35-33-37-34(38-40(31)33)44-21-25-11-9-8-10-12-25/h8-19,31H,6-7,20-21H2,1-5H3,(H,36,42)(H,35,37,38). The van der Waals surface area contributed by atoms with Gasteiger partial charge in [-0.2, -0.15) is 4.98 Å². The molecule has 1 aliphatic heterocycles. The van der Waals surface area contributed by atoms with Crippen molar-refractivity contribution >= 4 is 35.2 Å². The van der Waals surface area contributed by atoms with Crippen LogP contribution in [0, 0.1) is 13.8 Å². The van der Waals surface area contributed by atoms with Crippen molar-refractivity contribution in [2.24, 2.45) is 0 Å². The van der Waals surface area contributed by atoms with E-state index >= 15 is 0 Å². The number of hydrogen-bond acceptors (Lipinski definition) is 7. The Morgan fingerprint density at radius 2 is 1.73 bits per heavy atom. The Kier molecular flexibility index (Phi) is 9.69. The maximum absolute atomic E-state index is 13.9. The number of likely N-dealkylation sites (N-methyl/N-ethyl adjacent to an activating group) is 1. The van der Waals surface area contributed by atoms with Crippen molar-refractivity contribution in [1.29, 1.82) is 0 Å². The van der Waals surface area contributed by atoms with Crippen LogP contribution in [0.2, 0.25) is 0 Å². The summed E-state index contributed by atoms with van der Waals surface area (Å²) in [6.07, 6.45) is 0. The molecular weight excluding hydrogens is 572 g/mol. The fourth-order valence-electron chi connectivity index (χ4n) is 5.22. The molecule has 2 amide bonds. The van der Waals surface area contributed by atoms with E-state index in [0.29, 0.717) is 41.2 Å². The van der Waals surface area contributed by atoms with Gasteiger partial charge in [-0.15, -0.1) is 5.10 Å². The lowest BCUT2D eigenvalue weighted by Crippen LogP contribution is -2.34. The van der Waals surface area contributed by atoms with E-state index in [9.17, 15) is 9.59 Å². The second-order valence-corrected chi connectivity index (χ2v) is 11.6. The molecule has 0 radical (unpaired) electrons. The highest BCUT2D eigenvalue weighted by Crippen LogP contribution is 2.37. The first kappa shape index (κ1) is 30.9. The van der Waals surface area contributed by atoms with E-state index in [1.807, 2.05) is 95.3 Å². The molecule has 228 valence electrons. The first-order valence-corrected chi connectivity index (χ1v) is 15.8. The van der Waals surface area contributed by atoms with Crippen LogP contribution in [0.3, 0.4) is 0 Å². The topological polar surface area (TPSA) is 101 Å². The zero-order valence-corrected chi connectivity index (χ0v) is 26.6. The molecule has 0 spiro atoms. The number of anilines is 2. The van der Waals surface area contributed by atoms with Gasteiger partial charge in [-0.3, -0.25) is 9.59 Å². The molecule has 0 fully saturated rings. The number of aryl methyl sites for hydroxylation is 2. The Morgan fingerprint density at radius 3 is 2.41 bits per heavy atom. The van der Waals surface area contributed by atoms with E-state index in [1.165, 1.54) is 5.56 Å². The lowest BCUT2D eigenvalue weighted by Gasteiger charge is -2.29. The van der Waals surface area contributed by atoms with Crippen LogP contribution >= 0.6 is 11.8 Å². The number of carbonyl (C=O) groups is 2. The molecule has 44 heavy (non-hydrogen) atoms. The molecule has 2 N–H and O–H groups in total. The Bertz CT molecular complexity index is 1660. The summed E-state index contributed by atoms with van der Waals surface area (Å²) in [6.45, 7) is 11.0. The molecule has 1 unspecified atom stereocenters. The number of carbonyl (C=O) groups excluding carboxylic acids is 2. The van der Waals surface area contributed by atoms with Crippen LogP contribution in [-0.4, -0.2) is 51.2 Å². The van der Waals surface area contributed by atoms with Crippen molar-refractivity contribution in [3.63, 3.8) is 0 Å². The molecule has 10 heteroatoms. The van der Waals surface area contributed by atoms with Crippen molar-refractivity contribution in [2.75, 3.05) is 30.3 Å². The highest BCUT2D eigenvalue weighted by molar-refractivity contribution is 7.98. The minimum atomic E-state index is -0.540. The van der Waals surface area contributed by atoms with Gasteiger partial charge in [0.1, 0.15) is 11.8 Å². The van der Waals surface area contributed by atoms with Crippen molar-refractivity contribution in [2.45, 2.75) is 51.6 Å². The van der Waals surface area contributed by atoms with E-state index in [2.05, 4.69) is 22.8 Å². The highest BCUT2D eigenvalue weighted by Gasteiger charge is 2.34. The molecule has 1 aromatic heterocycles. The van der Waals surface area contributed by atoms with Gasteiger partial charge in [0.05, 0.1) is 5.57 Å². The molecule has 9 nitrogen and oxygen atoms in total. The fourth-order valence-corrected chi connectivity index (χ4v) is 6.00. The SMILES string of the molecule is CCN(CC)C(=O)COc1ccc(C2C(C(=O)Nc3ccc(C)cc3C)=C(C)Nc3nc(SCc4ccccc4)nn32)cc1. The van der Waals surface area contributed by atoms with Crippen molar-refractivity contribution in [3.8, 4) is 5.75 Å². The van der Waals surface area contributed by atoms with Gasteiger partial charge < -0.3 is 20.3 Å². The third kappa shape index (κ3) is 6.97. The van der Waals surface area contributed by atoms with Gasteiger partial charge in [0.25, 0.3) is 11.8 Å². The normalized spacial score (nSPS) is 14.1. The minimum Gasteiger partial charge on any atom is -0.484 e. The minimum absolute atomic E-state index is 0.0356. The average Bonchev–Trinajstić information content (AvgIpc) is 3.43. The predicted octanol–water partition coefficient (Wildman–Crippen LogP) is 6.36. The molecule has 0 aliphatic carbocycles. The van der Waals surface area contributed by atoms with Crippen molar-refractivity contribution in [1.82, 2.24) is 19.7 Å². The number of benzene rings is 3.